The van der Waals surface area contributed by atoms with Crippen LogP contribution in [0.3, 0.4) is 0 Å². The lowest BCUT2D eigenvalue weighted by molar-refractivity contribution is -0.0975. The van der Waals surface area contributed by atoms with Crippen molar-refractivity contribution in [3.8, 4) is 0 Å². The van der Waals surface area contributed by atoms with Gasteiger partial charge in [-0.1, -0.05) is 13.8 Å². The molecular formula is C16H24N2O3. The summed E-state index contributed by atoms with van der Waals surface area (Å²) in [5, 5.41) is 3.46. The summed E-state index contributed by atoms with van der Waals surface area (Å²) in [5.41, 5.74) is 7.55. The monoisotopic (exact) mass is 292 g/mol. The standard InChI is InChI=1S/C16H24N2O3/c1-5-21-14-9-13(16(14,2)3)18-10-6-7-12(17)11(8-10)15(19)20-4/h6-8,13-14,18H,5,9,17H2,1-4H3. The Balaban J connectivity index is 2.10. The molecule has 0 amide bonds. The van der Waals surface area contributed by atoms with Gasteiger partial charge in [-0.15, -0.1) is 0 Å². The quantitative estimate of drug-likeness (QED) is 0.645. The zero-order chi connectivity index (χ0) is 15.6. The second-order valence-corrected chi connectivity index (χ2v) is 5.99. The van der Waals surface area contributed by atoms with Gasteiger partial charge in [-0.2, -0.15) is 0 Å². The van der Waals surface area contributed by atoms with Gasteiger partial charge in [-0.05, 0) is 31.5 Å². The van der Waals surface area contributed by atoms with Crippen molar-refractivity contribution in [3.63, 3.8) is 0 Å². The average Bonchev–Trinajstić information content (AvgIpc) is 2.47. The maximum atomic E-state index is 11.7. The van der Waals surface area contributed by atoms with Gasteiger partial charge in [-0.3, -0.25) is 0 Å². The Kier molecular flexibility index (Phi) is 4.42. The first kappa shape index (κ1) is 15.6. The van der Waals surface area contributed by atoms with E-state index in [0.29, 0.717) is 17.3 Å². The van der Waals surface area contributed by atoms with Crippen LogP contribution in [0.5, 0.6) is 0 Å². The highest BCUT2D eigenvalue weighted by molar-refractivity contribution is 5.96. The molecule has 5 nitrogen and oxygen atoms in total. The Morgan fingerprint density at radius 1 is 1.48 bits per heavy atom. The highest BCUT2D eigenvalue weighted by Crippen LogP contribution is 2.44. The summed E-state index contributed by atoms with van der Waals surface area (Å²) in [6, 6.07) is 5.65. The zero-order valence-corrected chi connectivity index (χ0v) is 13.1. The Labute approximate surface area is 125 Å². The van der Waals surface area contributed by atoms with Crippen LogP contribution in [0, 0.1) is 5.41 Å². The van der Waals surface area contributed by atoms with Crippen LogP contribution in [0.4, 0.5) is 11.4 Å². The molecule has 2 unspecified atom stereocenters. The normalized spacial score (nSPS) is 23.2. The number of nitrogens with one attached hydrogen (secondary N) is 1. The minimum absolute atomic E-state index is 0.0584. The Hall–Kier alpha value is -1.75. The summed E-state index contributed by atoms with van der Waals surface area (Å²) < 4.78 is 10.5. The highest BCUT2D eigenvalue weighted by atomic mass is 16.5. The van der Waals surface area contributed by atoms with E-state index in [1.54, 1.807) is 12.1 Å². The van der Waals surface area contributed by atoms with E-state index < -0.39 is 5.97 Å². The summed E-state index contributed by atoms with van der Waals surface area (Å²) in [4.78, 5) is 11.7. The van der Waals surface area contributed by atoms with Gasteiger partial charge < -0.3 is 20.5 Å². The molecule has 1 aromatic carbocycles. The number of methoxy groups -OCH3 is 1. The van der Waals surface area contributed by atoms with Crippen molar-refractivity contribution in [3.05, 3.63) is 23.8 Å². The Morgan fingerprint density at radius 2 is 2.19 bits per heavy atom. The second kappa shape index (κ2) is 5.93. The molecule has 0 radical (unpaired) electrons. The number of nitrogens with two attached hydrogens (primary N) is 1. The molecule has 21 heavy (non-hydrogen) atoms. The van der Waals surface area contributed by atoms with Crippen molar-refractivity contribution in [2.45, 2.75) is 39.3 Å². The van der Waals surface area contributed by atoms with Gasteiger partial charge >= 0.3 is 5.97 Å². The molecule has 0 spiro atoms. The average molecular weight is 292 g/mol. The van der Waals surface area contributed by atoms with E-state index in [4.69, 9.17) is 15.2 Å². The molecule has 2 rings (SSSR count). The lowest BCUT2D eigenvalue weighted by Crippen LogP contribution is -2.58. The third kappa shape index (κ3) is 2.97. The van der Waals surface area contributed by atoms with E-state index in [1.807, 2.05) is 13.0 Å². The minimum atomic E-state index is -0.420. The van der Waals surface area contributed by atoms with Crippen LogP contribution >= 0.6 is 0 Å². The van der Waals surface area contributed by atoms with E-state index in [2.05, 4.69) is 19.2 Å². The van der Waals surface area contributed by atoms with Crippen LogP contribution in [0.2, 0.25) is 0 Å². The van der Waals surface area contributed by atoms with Crippen LogP contribution in [0.1, 0.15) is 37.6 Å². The molecule has 1 aliphatic carbocycles. The molecule has 116 valence electrons. The van der Waals surface area contributed by atoms with Crippen molar-refractivity contribution in [1.29, 1.82) is 0 Å². The van der Waals surface area contributed by atoms with Gasteiger partial charge in [0.1, 0.15) is 0 Å². The van der Waals surface area contributed by atoms with Gasteiger partial charge in [0, 0.05) is 29.4 Å². The lowest BCUT2D eigenvalue weighted by Gasteiger charge is -2.52. The minimum Gasteiger partial charge on any atom is -0.465 e. The topological polar surface area (TPSA) is 73.6 Å². The van der Waals surface area contributed by atoms with E-state index >= 15 is 0 Å². The summed E-state index contributed by atoms with van der Waals surface area (Å²) in [7, 11) is 1.35. The molecule has 5 heteroatoms. The van der Waals surface area contributed by atoms with Crippen molar-refractivity contribution in [2.24, 2.45) is 5.41 Å². The molecule has 3 N–H and O–H groups in total. The molecule has 1 aromatic rings. The van der Waals surface area contributed by atoms with E-state index in [9.17, 15) is 4.79 Å². The van der Waals surface area contributed by atoms with E-state index in [-0.39, 0.29) is 11.5 Å². The molecule has 1 aliphatic rings. The van der Waals surface area contributed by atoms with Gasteiger partial charge in [0.25, 0.3) is 0 Å². The van der Waals surface area contributed by atoms with Crippen molar-refractivity contribution in [1.82, 2.24) is 0 Å². The third-order valence-corrected chi connectivity index (χ3v) is 4.35. The molecule has 0 heterocycles. The predicted octanol–water partition coefficient (Wildman–Crippen LogP) is 2.67. The number of anilines is 2. The number of ether oxygens (including phenoxy) is 2. The maximum absolute atomic E-state index is 11.7. The number of hydrogen-bond acceptors (Lipinski definition) is 5. The van der Waals surface area contributed by atoms with Gasteiger partial charge in [0.2, 0.25) is 0 Å². The van der Waals surface area contributed by atoms with Crippen LogP contribution in [-0.4, -0.2) is 31.8 Å². The number of rotatable bonds is 5. The van der Waals surface area contributed by atoms with Gasteiger partial charge in [0.15, 0.2) is 0 Å². The van der Waals surface area contributed by atoms with Crippen molar-refractivity contribution >= 4 is 17.3 Å². The number of carbonyl (C=O) groups is 1. The summed E-state index contributed by atoms with van der Waals surface area (Å²) >= 11 is 0. The third-order valence-electron chi connectivity index (χ3n) is 4.35. The van der Waals surface area contributed by atoms with Crippen LogP contribution in [0.25, 0.3) is 0 Å². The number of hydrogen-bond donors (Lipinski definition) is 2. The number of benzene rings is 1. The van der Waals surface area contributed by atoms with Crippen molar-refractivity contribution in [2.75, 3.05) is 24.8 Å². The Morgan fingerprint density at radius 3 is 2.76 bits per heavy atom. The van der Waals surface area contributed by atoms with E-state index in [0.717, 1.165) is 18.7 Å². The predicted molar refractivity (Wildman–Crippen MR) is 83.4 cm³/mol. The number of esters is 1. The second-order valence-electron chi connectivity index (χ2n) is 5.99. The molecule has 2 atom stereocenters. The van der Waals surface area contributed by atoms with Crippen LogP contribution in [-0.2, 0) is 9.47 Å². The van der Waals surface area contributed by atoms with Crippen LogP contribution in [0.15, 0.2) is 18.2 Å². The molecule has 0 aliphatic heterocycles. The van der Waals surface area contributed by atoms with Crippen LogP contribution < -0.4 is 11.1 Å². The maximum Gasteiger partial charge on any atom is 0.340 e. The smallest absolute Gasteiger partial charge is 0.340 e. The summed E-state index contributed by atoms with van der Waals surface area (Å²) in [5.74, 6) is -0.420. The molecule has 1 fully saturated rings. The molecular weight excluding hydrogens is 268 g/mol. The SMILES string of the molecule is CCOC1CC(Nc2ccc(N)c(C(=O)OC)c2)C1(C)C. The molecule has 0 saturated heterocycles. The largest absolute Gasteiger partial charge is 0.465 e. The highest BCUT2D eigenvalue weighted by Gasteiger charge is 2.48. The summed E-state index contributed by atoms with van der Waals surface area (Å²) in [6.45, 7) is 7.12. The zero-order valence-electron chi connectivity index (χ0n) is 13.1. The number of nitrogen functional groups attached to an aromatic ring is 1. The fourth-order valence-electron chi connectivity index (χ4n) is 2.75. The van der Waals surface area contributed by atoms with E-state index in [1.165, 1.54) is 7.11 Å². The van der Waals surface area contributed by atoms with Gasteiger partial charge in [0.05, 0.1) is 18.8 Å². The summed E-state index contributed by atoms with van der Waals surface area (Å²) in [6.07, 6.45) is 1.23. The fourth-order valence-corrected chi connectivity index (χ4v) is 2.75. The molecule has 0 aromatic heterocycles. The first-order valence-corrected chi connectivity index (χ1v) is 7.26. The van der Waals surface area contributed by atoms with Gasteiger partial charge in [-0.25, -0.2) is 4.79 Å². The molecule has 0 bridgehead atoms. The lowest BCUT2D eigenvalue weighted by atomic mass is 9.64. The fraction of sp³-hybridized carbons (Fsp3) is 0.562. The Bertz CT molecular complexity index is 528. The first-order chi connectivity index (χ1) is 9.90. The van der Waals surface area contributed by atoms with Crippen molar-refractivity contribution < 1.29 is 14.3 Å². The number of carbonyl (C=O) groups excluding carboxylic acids is 1. The first-order valence-electron chi connectivity index (χ1n) is 7.26. The molecule has 1 saturated carbocycles.